The Morgan fingerprint density at radius 3 is 2.33 bits per heavy atom. The molecule has 0 saturated carbocycles. The molecule has 0 aliphatic carbocycles. The molecule has 1 aromatic heterocycles. The minimum absolute atomic E-state index is 0.0324. The number of aromatic nitrogens is 2. The second-order valence-corrected chi connectivity index (χ2v) is 2.69. The van der Waals surface area contributed by atoms with Gasteiger partial charge in [0.2, 0.25) is 5.82 Å². The minimum Gasteiger partial charge on any atom is -0.352 e. The first-order valence-electron chi connectivity index (χ1n) is 3.05. The monoisotopic (exact) mass is 205 g/mol. The van der Waals surface area contributed by atoms with E-state index in [2.05, 4.69) is 15.3 Å². The van der Waals surface area contributed by atoms with Crippen molar-refractivity contribution < 1.29 is 4.79 Å². The summed E-state index contributed by atoms with van der Waals surface area (Å²) < 4.78 is 0. The zero-order chi connectivity index (χ0) is 9.14. The van der Waals surface area contributed by atoms with Crippen LogP contribution in [0.15, 0.2) is 6.07 Å². The molecular weight excluding hydrogens is 201 g/mol. The number of carbonyl (C=O) groups excluding carboxylic acids is 1. The van der Waals surface area contributed by atoms with Gasteiger partial charge in [-0.25, -0.2) is 9.97 Å². The first-order valence-corrected chi connectivity index (χ1v) is 3.81. The van der Waals surface area contributed by atoms with Gasteiger partial charge in [-0.05, 0) is 0 Å². The molecule has 0 aliphatic rings. The molecule has 1 rings (SSSR count). The zero-order valence-electron chi connectivity index (χ0n) is 6.14. The lowest BCUT2D eigenvalue weighted by atomic mass is 10.5. The molecule has 0 aliphatic heterocycles. The van der Waals surface area contributed by atoms with Crippen LogP contribution in [0.1, 0.15) is 10.6 Å². The lowest BCUT2D eigenvalue weighted by Crippen LogP contribution is -2.20. The van der Waals surface area contributed by atoms with Gasteiger partial charge in [0, 0.05) is 13.1 Å². The maximum absolute atomic E-state index is 11.0. The Hall–Kier alpha value is -0.870. The summed E-state index contributed by atoms with van der Waals surface area (Å²) in [6.45, 7) is 0. The molecule has 12 heavy (non-hydrogen) atoms. The van der Waals surface area contributed by atoms with E-state index in [1.165, 1.54) is 13.1 Å². The van der Waals surface area contributed by atoms with Gasteiger partial charge in [-0.1, -0.05) is 23.2 Å². The van der Waals surface area contributed by atoms with Gasteiger partial charge in [-0.15, -0.1) is 0 Å². The van der Waals surface area contributed by atoms with Crippen LogP contribution in [0.5, 0.6) is 0 Å². The van der Waals surface area contributed by atoms with E-state index in [1.807, 2.05) is 0 Å². The van der Waals surface area contributed by atoms with E-state index in [0.717, 1.165) is 0 Å². The molecule has 0 bridgehead atoms. The van der Waals surface area contributed by atoms with Gasteiger partial charge >= 0.3 is 0 Å². The fourth-order valence-electron chi connectivity index (χ4n) is 0.604. The average Bonchev–Trinajstić information content (AvgIpc) is 2.01. The van der Waals surface area contributed by atoms with E-state index in [0.29, 0.717) is 0 Å². The maximum Gasteiger partial charge on any atom is 0.288 e. The molecule has 0 aromatic carbocycles. The largest absolute Gasteiger partial charge is 0.352 e. The number of carbonyl (C=O) groups is 1. The third-order valence-electron chi connectivity index (χ3n) is 1.09. The summed E-state index contributed by atoms with van der Waals surface area (Å²) in [7, 11) is 1.47. The van der Waals surface area contributed by atoms with E-state index >= 15 is 0 Å². The predicted octanol–water partition coefficient (Wildman–Crippen LogP) is 1.14. The van der Waals surface area contributed by atoms with Crippen molar-refractivity contribution in [2.45, 2.75) is 0 Å². The van der Waals surface area contributed by atoms with Gasteiger partial charge in [0.1, 0.15) is 10.3 Å². The highest BCUT2D eigenvalue weighted by atomic mass is 35.5. The Morgan fingerprint density at radius 1 is 1.42 bits per heavy atom. The fraction of sp³-hybridized carbons (Fsp3) is 0.167. The molecule has 6 heteroatoms. The summed E-state index contributed by atoms with van der Waals surface area (Å²) in [5, 5.41) is 2.65. The molecule has 0 unspecified atom stereocenters. The van der Waals surface area contributed by atoms with Crippen LogP contribution < -0.4 is 5.32 Å². The number of halogens is 2. The highest BCUT2D eigenvalue weighted by Crippen LogP contribution is 2.11. The van der Waals surface area contributed by atoms with Crippen LogP contribution in [0.2, 0.25) is 10.3 Å². The number of hydrogen-bond donors (Lipinski definition) is 1. The summed E-state index contributed by atoms with van der Waals surface area (Å²) >= 11 is 11.1. The van der Waals surface area contributed by atoms with Crippen molar-refractivity contribution in [3.63, 3.8) is 0 Å². The molecule has 0 atom stereocenters. The number of nitrogens with one attached hydrogen (secondary N) is 1. The first-order chi connectivity index (χ1) is 5.63. The lowest BCUT2D eigenvalue weighted by molar-refractivity contribution is 0.0952. The van der Waals surface area contributed by atoms with Crippen molar-refractivity contribution in [1.82, 2.24) is 15.3 Å². The van der Waals surface area contributed by atoms with Crippen molar-refractivity contribution in [3.8, 4) is 0 Å². The summed E-state index contributed by atoms with van der Waals surface area (Å²) in [5.74, 6) is -0.450. The van der Waals surface area contributed by atoms with E-state index < -0.39 is 5.91 Å². The molecule has 1 amide bonds. The quantitative estimate of drug-likeness (QED) is 0.701. The van der Waals surface area contributed by atoms with Crippen molar-refractivity contribution >= 4 is 29.1 Å². The van der Waals surface area contributed by atoms with Gasteiger partial charge < -0.3 is 5.32 Å². The zero-order valence-corrected chi connectivity index (χ0v) is 7.65. The van der Waals surface area contributed by atoms with Crippen molar-refractivity contribution in [1.29, 1.82) is 0 Å². The standard InChI is InChI=1S/C6H5Cl2N3O/c1-9-6(12)5-10-3(7)2-4(8)11-5/h2H,1H3,(H,9,12). The summed E-state index contributed by atoms with van der Waals surface area (Å²) in [6.07, 6.45) is 0. The van der Waals surface area contributed by atoms with Crippen LogP contribution >= 0.6 is 23.2 Å². The van der Waals surface area contributed by atoms with Crippen LogP contribution in [-0.4, -0.2) is 22.9 Å². The SMILES string of the molecule is CNC(=O)c1nc(Cl)cc(Cl)n1. The van der Waals surface area contributed by atoms with Gasteiger partial charge in [-0.2, -0.15) is 0 Å². The molecule has 1 N–H and O–H groups in total. The third-order valence-corrected chi connectivity index (χ3v) is 1.48. The highest BCUT2D eigenvalue weighted by molar-refractivity contribution is 6.33. The topological polar surface area (TPSA) is 54.9 Å². The van der Waals surface area contributed by atoms with Gasteiger partial charge in [-0.3, -0.25) is 4.79 Å². The number of hydrogen-bond acceptors (Lipinski definition) is 3. The molecule has 4 nitrogen and oxygen atoms in total. The first kappa shape index (κ1) is 9.22. The molecule has 0 saturated heterocycles. The van der Waals surface area contributed by atoms with Crippen molar-refractivity contribution in [2.75, 3.05) is 7.05 Å². The minimum atomic E-state index is -0.417. The second-order valence-electron chi connectivity index (χ2n) is 1.92. The van der Waals surface area contributed by atoms with Gasteiger partial charge in [0.25, 0.3) is 5.91 Å². The number of nitrogens with zero attached hydrogens (tertiary/aromatic N) is 2. The van der Waals surface area contributed by atoms with Crippen molar-refractivity contribution in [2.24, 2.45) is 0 Å². The Morgan fingerprint density at radius 2 is 1.92 bits per heavy atom. The number of amides is 1. The van der Waals surface area contributed by atoms with E-state index in [1.54, 1.807) is 0 Å². The predicted molar refractivity (Wildman–Crippen MR) is 45.4 cm³/mol. The smallest absolute Gasteiger partial charge is 0.288 e. The number of rotatable bonds is 1. The van der Waals surface area contributed by atoms with E-state index in [-0.39, 0.29) is 16.1 Å². The fourth-order valence-corrected chi connectivity index (χ4v) is 1.03. The van der Waals surface area contributed by atoms with Crippen LogP contribution in [0, 0.1) is 0 Å². The molecule has 1 aromatic rings. The molecule has 0 radical (unpaired) electrons. The maximum atomic E-state index is 11.0. The Bertz CT molecular complexity index is 295. The Labute approximate surface area is 78.9 Å². The van der Waals surface area contributed by atoms with Crippen LogP contribution in [0.4, 0.5) is 0 Å². The molecule has 0 spiro atoms. The van der Waals surface area contributed by atoms with Crippen molar-refractivity contribution in [3.05, 3.63) is 22.2 Å². The second kappa shape index (κ2) is 3.69. The van der Waals surface area contributed by atoms with E-state index in [9.17, 15) is 4.79 Å². The summed E-state index contributed by atoms with van der Waals surface area (Å²) in [6, 6.07) is 1.36. The summed E-state index contributed by atoms with van der Waals surface area (Å²) in [4.78, 5) is 18.3. The summed E-state index contributed by atoms with van der Waals surface area (Å²) in [5.41, 5.74) is 0. The Kier molecular flexibility index (Phi) is 2.83. The van der Waals surface area contributed by atoms with Gasteiger partial charge in [0.05, 0.1) is 0 Å². The highest BCUT2D eigenvalue weighted by Gasteiger charge is 2.08. The van der Waals surface area contributed by atoms with Crippen LogP contribution in [-0.2, 0) is 0 Å². The molecule has 64 valence electrons. The van der Waals surface area contributed by atoms with E-state index in [4.69, 9.17) is 23.2 Å². The average molecular weight is 206 g/mol. The lowest BCUT2D eigenvalue weighted by Gasteiger charge is -1.98. The molecule has 0 fully saturated rings. The normalized spacial score (nSPS) is 9.58. The molecular formula is C6H5Cl2N3O. The van der Waals surface area contributed by atoms with Crippen LogP contribution in [0.25, 0.3) is 0 Å². The third kappa shape index (κ3) is 2.06. The Balaban J connectivity index is 3.08. The van der Waals surface area contributed by atoms with Gasteiger partial charge in [0.15, 0.2) is 0 Å². The molecule has 1 heterocycles. The van der Waals surface area contributed by atoms with Crippen LogP contribution in [0.3, 0.4) is 0 Å².